The summed E-state index contributed by atoms with van der Waals surface area (Å²) < 4.78 is 2.01. The lowest BCUT2D eigenvalue weighted by Crippen LogP contribution is -2.51. The van der Waals surface area contributed by atoms with E-state index in [1.165, 1.54) is 6.92 Å². The number of aryl methyl sites for hydroxylation is 2. The Hall–Kier alpha value is -3.28. The summed E-state index contributed by atoms with van der Waals surface area (Å²) in [6.07, 6.45) is 1.57. The third kappa shape index (κ3) is 3.33. The summed E-state index contributed by atoms with van der Waals surface area (Å²) in [5.74, 6) is -0.00193. The Morgan fingerprint density at radius 2 is 1.82 bits per heavy atom. The highest BCUT2D eigenvalue weighted by molar-refractivity contribution is 5.96. The van der Waals surface area contributed by atoms with Crippen molar-refractivity contribution in [2.75, 3.05) is 13.1 Å². The Morgan fingerprint density at radius 1 is 1.04 bits per heavy atom. The number of likely N-dealkylation sites (tertiary alicyclic amines) is 1. The third-order valence-corrected chi connectivity index (χ3v) is 5.12. The van der Waals surface area contributed by atoms with E-state index in [2.05, 4.69) is 16.1 Å². The van der Waals surface area contributed by atoms with Gasteiger partial charge in [-0.15, -0.1) is 0 Å². The first kappa shape index (κ1) is 18.1. The van der Waals surface area contributed by atoms with Gasteiger partial charge in [-0.1, -0.05) is 12.1 Å². The summed E-state index contributed by atoms with van der Waals surface area (Å²) in [4.78, 5) is 30.5. The van der Waals surface area contributed by atoms with E-state index < -0.39 is 0 Å². The molecule has 1 fully saturated rings. The highest BCUT2D eigenvalue weighted by Crippen LogP contribution is 2.26. The number of carbonyl (C=O) groups is 2. The van der Waals surface area contributed by atoms with Crippen molar-refractivity contribution in [3.63, 3.8) is 0 Å². The van der Waals surface area contributed by atoms with Gasteiger partial charge in [-0.2, -0.15) is 5.10 Å². The van der Waals surface area contributed by atoms with Crippen LogP contribution < -0.4 is 0 Å². The van der Waals surface area contributed by atoms with Gasteiger partial charge in [-0.25, -0.2) is 0 Å². The number of benzene rings is 1. The van der Waals surface area contributed by atoms with Crippen LogP contribution in [0.1, 0.15) is 45.1 Å². The fourth-order valence-corrected chi connectivity index (χ4v) is 3.56. The van der Waals surface area contributed by atoms with Crippen molar-refractivity contribution in [2.45, 2.75) is 26.8 Å². The van der Waals surface area contributed by atoms with Crippen molar-refractivity contribution < 1.29 is 9.59 Å². The zero-order valence-electron chi connectivity index (χ0n) is 16.2. The molecule has 1 aliphatic heterocycles. The van der Waals surface area contributed by atoms with E-state index in [1.807, 2.05) is 53.8 Å². The van der Waals surface area contributed by atoms with E-state index in [1.54, 1.807) is 12.3 Å². The van der Waals surface area contributed by atoms with Gasteiger partial charge in [-0.3, -0.25) is 19.3 Å². The van der Waals surface area contributed by atoms with Crippen LogP contribution in [-0.2, 0) is 0 Å². The summed E-state index contributed by atoms with van der Waals surface area (Å²) in [5.41, 5.74) is 4.93. The predicted octanol–water partition coefficient (Wildman–Crippen LogP) is 3.46. The molecule has 6 nitrogen and oxygen atoms in total. The van der Waals surface area contributed by atoms with Crippen LogP contribution in [0.15, 0.2) is 48.7 Å². The number of nitrogens with zero attached hydrogens (tertiary/aromatic N) is 4. The number of aromatic nitrogens is 3. The number of hydrogen-bond acceptors (Lipinski definition) is 4. The topological polar surface area (TPSA) is 68.1 Å². The van der Waals surface area contributed by atoms with Crippen LogP contribution in [0.25, 0.3) is 11.3 Å². The smallest absolute Gasteiger partial charge is 0.254 e. The fraction of sp³-hybridized carbons (Fsp3) is 0.273. The molecule has 1 aromatic carbocycles. The van der Waals surface area contributed by atoms with E-state index in [9.17, 15) is 9.59 Å². The van der Waals surface area contributed by atoms with Crippen molar-refractivity contribution in [2.24, 2.45) is 0 Å². The van der Waals surface area contributed by atoms with Crippen LogP contribution in [0.4, 0.5) is 0 Å². The van der Waals surface area contributed by atoms with Crippen molar-refractivity contribution in [1.29, 1.82) is 0 Å². The standard InChI is InChI=1S/C22H22N4O2/c1-14-9-15(2)26(24-14)20-12-25(13-20)22(28)18-6-4-5-17(10-18)21-8-7-19(11-23-21)16(3)27/h4-11,20H,12-13H2,1-3H3. The average molecular weight is 374 g/mol. The molecule has 1 saturated heterocycles. The minimum Gasteiger partial charge on any atom is -0.334 e. The minimum atomic E-state index is -0.0158. The molecular formula is C22H22N4O2. The molecule has 28 heavy (non-hydrogen) atoms. The molecule has 2 aromatic heterocycles. The normalized spacial score (nSPS) is 14.0. The molecule has 142 valence electrons. The summed E-state index contributed by atoms with van der Waals surface area (Å²) in [6.45, 7) is 6.86. The monoisotopic (exact) mass is 374 g/mol. The average Bonchev–Trinajstić information content (AvgIpc) is 2.98. The summed E-state index contributed by atoms with van der Waals surface area (Å²) in [5, 5.41) is 4.52. The molecule has 4 rings (SSSR count). The fourth-order valence-electron chi connectivity index (χ4n) is 3.56. The molecule has 3 heterocycles. The van der Waals surface area contributed by atoms with Gasteiger partial charge in [-0.05, 0) is 51.1 Å². The second-order valence-corrected chi connectivity index (χ2v) is 7.30. The number of carbonyl (C=O) groups excluding carboxylic acids is 2. The van der Waals surface area contributed by atoms with Crippen molar-refractivity contribution >= 4 is 11.7 Å². The number of hydrogen-bond donors (Lipinski definition) is 0. The van der Waals surface area contributed by atoms with E-state index in [0.717, 1.165) is 22.6 Å². The van der Waals surface area contributed by atoms with E-state index in [-0.39, 0.29) is 17.7 Å². The van der Waals surface area contributed by atoms with Crippen LogP contribution >= 0.6 is 0 Å². The lowest BCUT2D eigenvalue weighted by atomic mass is 10.0. The van der Waals surface area contributed by atoms with Gasteiger partial charge in [0.2, 0.25) is 0 Å². The zero-order chi connectivity index (χ0) is 19.8. The van der Waals surface area contributed by atoms with Crippen LogP contribution in [0.5, 0.6) is 0 Å². The van der Waals surface area contributed by atoms with Gasteiger partial charge in [0.1, 0.15) is 0 Å². The van der Waals surface area contributed by atoms with Crippen molar-refractivity contribution in [1.82, 2.24) is 19.7 Å². The predicted molar refractivity (Wildman–Crippen MR) is 106 cm³/mol. The van der Waals surface area contributed by atoms with E-state index >= 15 is 0 Å². The molecule has 0 unspecified atom stereocenters. The van der Waals surface area contributed by atoms with Crippen LogP contribution in [-0.4, -0.2) is 44.4 Å². The number of ketones is 1. The molecule has 1 aliphatic rings. The number of amides is 1. The molecular weight excluding hydrogens is 352 g/mol. The van der Waals surface area contributed by atoms with E-state index in [0.29, 0.717) is 24.2 Å². The lowest BCUT2D eigenvalue weighted by molar-refractivity contribution is 0.0497. The van der Waals surface area contributed by atoms with Gasteiger partial charge in [0.05, 0.1) is 17.4 Å². The molecule has 1 amide bonds. The van der Waals surface area contributed by atoms with Crippen LogP contribution in [0.2, 0.25) is 0 Å². The first-order valence-corrected chi connectivity index (χ1v) is 9.32. The molecule has 0 radical (unpaired) electrons. The Kier molecular flexibility index (Phi) is 4.55. The highest BCUT2D eigenvalue weighted by Gasteiger charge is 2.33. The Labute approximate surface area is 163 Å². The maximum Gasteiger partial charge on any atom is 0.254 e. The summed E-state index contributed by atoms with van der Waals surface area (Å²) in [7, 11) is 0. The molecule has 0 N–H and O–H groups in total. The number of Topliss-reactive ketones (excluding diaryl/α,β-unsaturated/α-hetero) is 1. The van der Waals surface area contributed by atoms with Gasteiger partial charge in [0, 0.05) is 41.7 Å². The second kappa shape index (κ2) is 7.03. The third-order valence-electron chi connectivity index (χ3n) is 5.12. The quantitative estimate of drug-likeness (QED) is 0.656. The Bertz CT molecular complexity index is 1050. The summed E-state index contributed by atoms with van der Waals surface area (Å²) in [6, 6.07) is 13.3. The van der Waals surface area contributed by atoms with Gasteiger partial charge in [0.15, 0.2) is 5.78 Å². The maximum absolute atomic E-state index is 12.9. The highest BCUT2D eigenvalue weighted by atomic mass is 16.2. The molecule has 6 heteroatoms. The van der Waals surface area contributed by atoms with Crippen LogP contribution in [0, 0.1) is 13.8 Å². The first-order valence-electron chi connectivity index (χ1n) is 9.32. The molecule has 0 atom stereocenters. The second-order valence-electron chi connectivity index (χ2n) is 7.30. The molecule has 0 bridgehead atoms. The minimum absolute atomic E-state index is 0.0139. The zero-order valence-corrected chi connectivity index (χ0v) is 16.2. The van der Waals surface area contributed by atoms with Gasteiger partial charge in [0.25, 0.3) is 5.91 Å². The van der Waals surface area contributed by atoms with Crippen LogP contribution in [0.3, 0.4) is 0 Å². The Morgan fingerprint density at radius 3 is 2.43 bits per heavy atom. The lowest BCUT2D eigenvalue weighted by Gasteiger charge is -2.39. The number of pyridine rings is 1. The maximum atomic E-state index is 12.9. The van der Waals surface area contributed by atoms with Crippen molar-refractivity contribution in [3.8, 4) is 11.3 Å². The molecule has 0 aliphatic carbocycles. The van der Waals surface area contributed by atoms with Crippen molar-refractivity contribution in [3.05, 3.63) is 71.2 Å². The van der Waals surface area contributed by atoms with Gasteiger partial charge >= 0.3 is 0 Å². The van der Waals surface area contributed by atoms with E-state index in [4.69, 9.17) is 0 Å². The molecule has 3 aromatic rings. The van der Waals surface area contributed by atoms with Gasteiger partial charge < -0.3 is 4.90 Å². The largest absolute Gasteiger partial charge is 0.334 e. The molecule has 0 spiro atoms. The Balaban J connectivity index is 1.48. The SMILES string of the molecule is CC(=O)c1ccc(-c2cccc(C(=O)N3CC(n4nc(C)cc4C)C3)c2)nc1. The summed E-state index contributed by atoms with van der Waals surface area (Å²) >= 11 is 0. The first-order chi connectivity index (χ1) is 13.4. The number of rotatable bonds is 4. The molecule has 0 saturated carbocycles.